The first-order chi connectivity index (χ1) is 7.66. The number of hydrogen-bond donors (Lipinski definition) is 1. The van der Waals surface area contributed by atoms with Gasteiger partial charge in [-0.3, -0.25) is 0 Å². The predicted molar refractivity (Wildman–Crippen MR) is 69.9 cm³/mol. The fourth-order valence-electron chi connectivity index (χ4n) is 2.39. The van der Waals surface area contributed by atoms with E-state index >= 15 is 0 Å². The van der Waals surface area contributed by atoms with E-state index < -0.39 is 0 Å². The molecule has 0 amide bonds. The molecule has 1 aromatic rings. The first-order valence-corrected chi connectivity index (χ1v) is 6.58. The Bertz CT molecular complexity index is 340. The molecule has 1 aliphatic rings. The van der Waals surface area contributed by atoms with Crippen molar-refractivity contribution >= 4 is 11.6 Å². The van der Waals surface area contributed by atoms with Gasteiger partial charge in [-0.05, 0) is 43.9 Å². The number of benzene rings is 1. The highest BCUT2D eigenvalue weighted by Gasteiger charge is 2.44. The average Bonchev–Trinajstić information content (AvgIpc) is 3.00. The highest BCUT2D eigenvalue weighted by molar-refractivity contribution is 6.30. The predicted octanol–water partition coefficient (Wildman–Crippen LogP) is 4.11. The van der Waals surface area contributed by atoms with E-state index in [1.54, 1.807) is 0 Å². The summed E-state index contributed by atoms with van der Waals surface area (Å²) in [6.45, 7) is 4.51. The molecular formula is C14H20ClN. The van der Waals surface area contributed by atoms with Crippen molar-refractivity contribution < 1.29 is 0 Å². The Balaban J connectivity index is 2.05. The van der Waals surface area contributed by atoms with Crippen molar-refractivity contribution in [3.63, 3.8) is 0 Å². The van der Waals surface area contributed by atoms with Crippen LogP contribution in [0.5, 0.6) is 0 Å². The molecule has 1 nitrogen and oxygen atoms in total. The fourth-order valence-corrected chi connectivity index (χ4v) is 2.51. The first kappa shape index (κ1) is 11.9. The number of rotatable bonds is 5. The summed E-state index contributed by atoms with van der Waals surface area (Å²) in [5.41, 5.74) is 1.64. The van der Waals surface area contributed by atoms with Crippen LogP contribution >= 0.6 is 11.6 Å². The molecule has 1 atom stereocenters. The molecule has 0 heterocycles. The Hall–Kier alpha value is -0.530. The van der Waals surface area contributed by atoms with Crippen LogP contribution in [0.1, 0.15) is 45.1 Å². The lowest BCUT2D eigenvalue weighted by atomic mass is 10.0. The topological polar surface area (TPSA) is 12.0 Å². The summed E-state index contributed by atoms with van der Waals surface area (Å²) in [5, 5.41) is 4.58. The van der Waals surface area contributed by atoms with Crippen LogP contribution in [0.3, 0.4) is 0 Å². The summed E-state index contributed by atoms with van der Waals surface area (Å²) in [5.74, 6) is 0. The molecule has 1 N–H and O–H groups in total. The van der Waals surface area contributed by atoms with Crippen molar-refractivity contribution in [1.82, 2.24) is 5.32 Å². The van der Waals surface area contributed by atoms with Crippen LogP contribution in [0.15, 0.2) is 24.3 Å². The minimum absolute atomic E-state index is 0.249. The SMILES string of the molecule is CCCC(C)NC1(c2ccc(Cl)cc2)CC1. The van der Waals surface area contributed by atoms with Gasteiger partial charge in [0.15, 0.2) is 0 Å². The Morgan fingerprint density at radius 2 is 1.94 bits per heavy atom. The van der Waals surface area contributed by atoms with E-state index in [2.05, 4.69) is 31.3 Å². The lowest BCUT2D eigenvalue weighted by Crippen LogP contribution is -2.36. The zero-order valence-electron chi connectivity index (χ0n) is 10.1. The van der Waals surface area contributed by atoms with Gasteiger partial charge in [0.25, 0.3) is 0 Å². The maximum absolute atomic E-state index is 5.92. The van der Waals surface area contributed by atoms with Gasteiger partial charge in [0.05, 0.1) is 0 Å². The van der Waals surface area contributed by atoms with E-state index in [4.69, 9.17) is 11.6 Å². The maximum atomic E-state index is 5.92. The van der Waals surface area contributed by atoms with Gasteiger partial charge in [-0.1, -0.05) is 37.1 Å². The molecule has 16 heavy (non-hydrogen) atoms. The normalized spacial score (nSPS) is 19.4. The summed E-state index contributed by atoms with van der Waals surface area (Å²) < 4.78 is 0. The van der Waals surface area contributed by atoms with Gasteiger partial charge in [0, 0.05) is 16.6 Å². The van der Waals surface area contributed by atoms with E-state index in [1.165, 1.54) is 31.2 Å². The van der Waals surface area contributed by atoms with Gasteiger partial charge in [-0.15, -0.1) is 0 Å². The van der Waals surface area contributed by atoms with Crippen LogP contribution in [0.25, 0.3) is 0 Å². The molecule has 1 fully saturated rings. The van der Waals surface area contributed by atoms with E-state index in [-0.39, 0.29) is 5.54 Å². The van der Waals surface area contributed by atoms with Crippen LogP contribution < -0.4 is 5.32 Å². The quantitative estimate of drug-likeness (QED) is 0.813. The molecule has 2 heteroatoms. The highest BCUT2D eigenvalue weighted by Crippen LogP contribution is 2.46. The van der Waals surface area contributed by atoms with Gasteiger partial charge in [-0.25, -0.2) is 0 Å². The Labute approximate surface area is 103 Å². The number of nitrogens with one attached hydrogen (secondary N) is 1. The van der Waals surface area contributed by atoms with Crippen LogP contribution in [0, 0.1) is 0 Å². The number of halogens is 1. The lowest BCUT2D eigenvalue weighted by molar-refractivity contribution is 0.418. The molecule has 1 aromatic carbocycles. The third-order valence-corrected chi connectivity index (χ3v) is 3.64. The molecule has 1 saturated carbocycles. The molecular weight excluding hydrogens is 218 g/mol. The maximum Gasteiger partial charge on any atom is 0.0438 e. The zero-order valence-corrected chi connectivity index (χ0v) is 10.8. The summed E-state index contributed by atoms with van der Waals surface area (Å²) in [7, 11) is 0. The van der Waals surface area contributed by atoms with Crippen LogP contribution in [0.2, 0.25) is 5.02 Å². The van der Waals surface area contributed by atoms with Gasteiger partial charge in [0.1, 0.15) is 0 Å². The summed E-state index contributed by atoms with van der Waals surface area (Å²) in [6, 6.07) is 8.89. The minimum Gasteiger partial charge on any atom is -0.305 e. The standard InChI is InChI=1S/C14H20ClN/c1-3-4-11(2)16-14(9-10-14)12-5-7-13(15)8-6-12/h5-8,11,16H,3-4,9-10H2,1-2H3. The lowest BCUT2D eigenvalue weighted by Gasteiger charge is -2.23. The van der Waals surface area contributed by atoms with Gasteiger partial charge < -0.3 is 5.32 Å². The molecule has 0 aliphatic heterocycles. The molecule has 0 aromatic heterocycles. The molecule has 1 aliphatic carbocycles. The van der Waals surface area contributed by atoms with Crippen molar-refractivity contribution in [2.24, 2.45) is 0 Å². The monoisotopic (exact) mass is 237 g/mol. The molecule has 0 saturated heterocycles. The van der Waals surface area contributed by atoms with Crippen molar-refractivity contribution in [2.45, 2.75) is 51.1 Å². The summed E-state index contributed by atoms with van der Waals surface area (Å²) >= 11 is 5.92. The van der Waals surface area contributed by atoms with E-state index in [1.807, 2.05) is 12.1 Å². The Kier molecular flexibility index (Phi) is 3.56. The third-order valence-electron chi connectivity index (χ3n) is 3.39. The van der Waals surface area contributed by atoms with Gasteiger partial charge in [-0.2, -0.15) is 0 Å². The van der Waals surface area contributed by atoms with Crippen molar-refractivity contribution in [2.75, 3.05) is 0 Å². The second-order valence-corrected chi connectivity index (χ2v) is 5.36. The first-order valence-electron chi connectivity index (χ1n) is 6.20. The van der Waals surface area contributed by atoms with Crippen molar-refractivity contribution in [1.29, 1.82) is 0 Å². The molecule has 88 valence electrons. The van der Waals surface area contributed by atoms with E-state index in [9.17, 15) is 0 Å². The van der Waals surface area contributed by atoms with E-state index in [0.717, 1.165) is 5.02 Å². The smallest absolute Gasteiger partial charge is 0.0438 e. The zero-order chi connectivity index (χ0) is 11.6. The Morgan fingerprint density at radius 1 is 1.31 bits per heavy atom. The third kappa shape index (κ3) is 2.58. The highest BCUT2D eigenvalue weighted by atomic mass is 35.5. The molecule has 0 spiro atoms. The van der Waals surface area contributed by atoms with Crippen LogP contribution in [-0.2, 0) is 5.54 Å². The van der Waals surface area contributed by atoms with Gasteiger partial charge >= 0.3 is 0 Å². The number of hydrogen-bond acceptors (Lipinski definition) is 1. The average molecular weight is 238 g/mol. The molecule has 0 radical (unpaired) electrons. The van der Waals surface area contributed by atoms with Crippen LogP contribution in [-0.4, -0.2) is 6.04 Å². The second-order valence-electron chi connectivity index (χ2n) is 4.92. The van der Waals surface area contributed by atoms with Crippen molar-refractivity contribution in [3.05, 3.63) is 34.9 Å². The fraction of sp³-hybridized carbons (Fsp3) is 0.571. The Morgan fingerprint density at radius 3 is 2.44 bits per heavy atom. The summed E-state index contributed by atoms with van der Waals surface area (Å²) in [4.78, 5) is 0. The van der Waals surface area contributed by atoms with Gasteiger partial charge in [0.2, 0.25) is 0 Å². The summed E-state index contributed by atoms with van der Waals surface area (Å²) in [6.07, 6.45) is 4.99. The molecule has 2 rings (SSSR count). The molecule has 1 unspecified atom stereocenters. The molecule has 0 bridgehead atoms. The largest absolute Gasteiger partial charge is 0.305 e. The second kappa shape index (κ2) is 4.77. The van der Waals surface area contributed by atoms with Crippen LogP contribution in [0.4, 0.5) is 0 Å². The van der Waals surface area contributed by atoms with E-state index in [0.29, 0.717) is 6.04 Å². The minimum atomic E-state index is 0.249. The van der Waals surface area contributed by atoms with Crippen molar-refractivity contribution in [3.8, 4) is 0 Å².